The first-order valence-corrected chi connectivity index (χ1v) is 8.18. The van der Waals surface area contributed by atoms with Crippen molar-refractivity contribution in [3.05, 3.63) is 22.2 Å². The Labute approximate surface area is 143 Å². The van der Waals surface area contributed by atoms with E-state index in [4.69, 9.17) is 14.2 Å². The molecular weight excluding hydrogens is 366 g/mol. The Morgan fingerprint density at radius 3 is 2.13 bits per heavy atom. The zero-order valence-corrected chi connectivity index (χ0v) is 15.0. The van der Waals surface area contributed by atoms with Gasteiger partial charge in [-0.1, -0.05) is 0 Å². The molecule has 0 aromatic heterocycles. The molecule has 1 aromatic carbocycles. The molecule has 1 fully saturated rings. The van der Waals surface area contributed by atoms with Crippen LogP contribution in [-0.2, 0) is 9.53 Å². The molecule has 0 unspecified atom stereocenters. The topological polar surface area (TPSA) is 65.1 Å². The lowest BCUT2D eigenvalue weighted by molar-refractivity contribution is -0.138. The maximum Gasteiger partial charge on any atom is 0.339 e. The van der Waals surface area contributed by atoms with E-state index in [1.165, 1.54) is 14.2 Å². The van der Waals surface area contributed by atoms with Crippen LogP contribution in [0.4, 0.5) is 0 Å². The molecule has 0 spiro atoms. The number of amides is 1. The number of esters is 1. The number of nitrogens with zero attached hydrogens (tertiary/aromatic N) is 1. The molecule has 126 valence electrons. The minimum Gasteiger partial charge on any atom is -0.495 e. The summed E-state index contributed by atoms with van der Waals surface area (Å²) in [5, 5.41) is 0. The lowest BCUT2D eigenvalue weighted by Crippen LogP contribution is -2.38. The van der Waals surface area contributed by atoms with Gasteiger partial charge in [-0.15, -0.1) is 0 Å². The lowest BCUT2D eigenvalue weighted by Gasteiger charge is -2.20. The van der Waals surface area contributed by atoms with Gasteiger partial charge in [0.25, 0.3) is 5.91 Å². The molecule has 1 heterocycles. The largest absolute Gasteiger partial charge is 0.495 e. The molecule has 7 heteroatoms. The Balaban J connectivity index is 2.12. The second-order valence-corrected chi connectivity index (χ2v) is 6.07. The van der Waals surface area contributed by atoms with Crippen molar-refractivity contribution in [3.63, 3.8) is 0 Å². The van der Waals surface area contributed by atoms with Crippen LogP contribution in [0.25, 0.3) is 0 Å². The number of hydrogen-bond acceptors (Lipinski definition) is 5. The minimum atomic E-state index is -0.818. The van der Waals surface area contributed by atoms with E-state index >= 15 is 0 Å². The van der Waals surface area contributed by atoms with Crippen molar-refractivity contribution in [2.45, 2.75) is 25.9 Å². The smallest absolute Gasteiger partial charge is 0.339 e. The lowest BCUT2D eigenvalue weighted by atomic mass is 10.2. The third-order valence-electron chi connectivity index (χ3n) is 3.73. The molecule has 0 aliphatic carbocycles. The molecule has 1 saturated heterocycles. The van der Waals surface area contributed by atoms with Crippen LogP contribution in [-0.4, -0.2) is 50.2 Å². The molecule has 1 atom stereocenters. The monoisotopic (exact) mass is 385 g/mol. The van der Waals surface area contributed by atoms with Gasteiger partial charge < -0.3 is 19.1 Å². The third-order valence-corrected chi connectivity index (χ3v) is 4.51. The maximum atomic E-state index is 12.3. The van der Waals surface area contributed by atoms with Crippen molar-refractivity contribution in [2.75, 3.05) is 27.3 Å². The summed E-state index contributed by atoms with van der Waals surface area (Å²) in [4.78, 5) is 26.2. The molecule has 0 bridgehead atoms. The van der Waals surface area contributed by atoms with E-state index < -0.39 is 12.1 Å². The Kier molecular flexibility index (Phi) is 5.87. The summed E-state index contributed by atoms with van der Waals surface area (Å²) < 4.78 is 16.3. The zero-order valence-electron chi connectivity index (χ0n) is 13.4. The van der Waals surface area contributed by atoms with E-state index in [0.29, 0.717) is 16.0 Å². The van der Waals surface area contributed by atoms with Gasteiger partial charge in [0.1, 0.15) is 16.0 Å². The maximum absolute atomic E-state index is 12.3. The van der Waals surface area contributed by atoms with Crippen LogP contribution < -0.4 is 9.47 Å². The fraction of sp³-hybridized carbons (Fsp3) is 0.500. The molecule has 2 rings (SSSR count). The van der Waals surface area contributed by atoms with Crippen molar-refractivity contribution in [3.8, 4) is 11.5 Å². The molecule has 1 aliphatic heterocycles. The first-order chi connectivity index (χ1) is 11.0. The van der Waals surface area contributed by atoms with E-state index in [-0.39, 0.29) is 11.5 Å². The Morgan fingerprint density at radius 2 is 1.65 bits per heavy atom. The highest BCUT2D eigenvalue weighted by Gasteiger charge is 2.27. The summed E-state index contributed by atoms with van der Waals surface area (Å²) in [5.74, 6) is 0.158. The molecule has 1 aromatic rings. The second kappa shape index (κ2) is 7.68. The summed E-state index contributed by atoms with van der Waals surface area (Å²) in [6.45, 7) is 3.03. The van der Waals surface area contributed by atoms with E-state index in [1.54, 1.807) is 24.0 Å². The van der Waals surface area contributed by atoms with Gasteiger partial charge in [0.15, 0.2) is 6.10 Å². The first kappa shape index (κ1) is 17.6. The summed E-state index contributed by atoms with van der Waals surface area (Å²) in [6.07, 6.45) is 1.17. The number of benzene rings is 1. The number of ether oxygens (including phenoxy) is 3. The Hall–Kier alpha value is -1.76. The highest BCUT2D eigenvalue weighted by Crippen LogP contribution is 2.35. The average Bonchev–Trinajstić information content (AvgIpc) is 3.08. The summed E-state index contributed by atoms with van der Waals surface area (Å²) in [7, 11) is 2.99. The van der Waals surface area contributed by atoms with Crippen molar-refractivity contribution < 1.29 is 23.8 Å². The van der Waals surface area contributed by atoms with Crippen molar-refractivity contribution >= 4 is 27.8 Å². The van der Waals surface area contributed by atoms with E-state index in [1.807, 2.05) is 0 Å². The predicted octanol–water partition coefficient (Wildman–Crippen LogP) is 2.63. The summed E-state index contributed by atoms with van der Waals surface area (Å²) in [6, 6.07) is 3.09. The van der Waals surface area contributed by atoms with Crippen molar-refractivity contribution in [2.24, 2.45) is 0 Å². The molecule has 23 heavy (non-hydrogen) atoms. The van der Waals surface area contributed by atoms with Gasteiger partial charge in [0, 0.05) is 13.1 Å². The Morgan fingerprint density at radius 1 is 1.13 bits per heavy atom. The van der Waals surface area contributed by atoms with E-state index in [9.17, 15) is 9.59 Å². The van der Waals surface area contributed by atoms with Crippen LogP contribution in [0.3, 0.4) is 0 Å². The van der Waals surface area contributed by atoms with Crippen LogP contribution in [0, 0.1) is 0 Å². The van der Waals surface area contributed by atoms with E-state index in [2.05, 4.69) is 15.9 Å². The Bertz CT molecular complexity index is 573. The summed E-state index contributed by atoms with van der Waals surface area (Å²) >= 11 is 3.34. The van der Waals surface area contributed by atoms with Crippen molar-refractivity contribution in [1.82, 2.24) is 4.90 Å². The van der Waals surface area contributed by atoms with Gasteiger partial charge in [-0.05, 0) is 47.8 Å². The number of halogens is 1. The average molecular weight is 386 g/mol. The van der Waals surface area contributed by atoms with Gasteiger partial charge in [-0.3, -0.25) is 4.79 Å². The van der Waals surface area contributed by atoms with Crippen LogP contribution in [0.15, 0.2) is 16.6 Å². The highest BCUT2D eigenvalue weighted by molar-refractivity contribution is 9.10. The molecule has 6 nitrogen and oxygen atoms in total. The number of hydrogen-bond donors (Lipinski definition) is 0. The fourth-order valence-electron chi connectivity index (χ4n) is 2.46. The standard InChI is InChI=1S/C16H20BrNO5/c1-10(15(19)18-6-4-5-7-18)23-16(20)11-8-12(21-2)14(17)13(9-11)22-3/h8-10H,4-7H2,1-3H3/t10-/m1/s1. The van der Waals surface area contributed by atoms with Gasteiger partial charge >= 0.3 is 5.97 Å². The van der Waals surface area contributed by atoms with Crippen LogP contribution in [0.2, 0.25) is 0 Å². The van der Waals surface area contributed by atoms with Gasteiger partial charge in [-0.2, -0.15) is 0 Å². The minimum absolute atomic E-state index is 0.160. The second-order valence-electron chi connectivity index (χ2n) is 5.27. The van der Waals surface area contributed by atoms with Crippen LogP contribution >= 0.6 is 15.9 Å². The number of methoxy groups -OCH3 is 2. The third kappa shape index (κ3) is 3.96. The normalized spacial score (nSPS) is 15.2. The molecular formula is C16H20BrNO5. The van der Waals surface area contributed by atoms with Gasteiger partial charge in [0.05, 0.1) is 19.8 Å². The number of carbonyl (C=O) groups is 2. The highest BCUT2D eigenvalue weighted by atomic mass is 79.9. The number of likely N-dealkylation sites (tertiary alicyclic amines) is 1. The van der Waals surface area contributed by atoms with Crippen LogP contribution in [0.5, 0.6) is 11.5 Å². The molecule has 0 saturated carbocycles. The zero-order chi connectivity index (χ0) is 17.0. The molecule has 1 amide bonds. The molecule has 0 N–H and O–H groups in total. The predicted molar refractivity (Wildman–Crippen MR) is 87.9 cm³/mol. The first-order valence-electron chi connectivity index (χ1n) is 7.39. The molecule has 1 aliphatic rings. The van der Waals surface area contributed by atoms with Gasteiger partial charge in [-0.25, -0.2) is 4.79 Å². The van der Waals surface area contributed by atoms with Crippen LogP contribution in [0.1, 0.15) is 30.1 Å². The van der Waals surface area contributed by atoms with Gasteiger partial charge in [0.2, 0.25) is 0 Å². The van der Waals surface area contributed by atoms with E-state index in [0.717, 1.165) is 25.9 Å². The SMILES string of the molecule is COc1cc(C(=O)O[C@H](C)C(=O)N2CCCC2)cc(OC)c1Br. The quantitative estimate of drug-likeness (QED) is 0.728. The van der Waals surface area contributed by atoms with Crippen molar-refractivity contribution in [1.29, 1.82) is 0 Å². The number of rotatable bonds is 5. The fourth-order valence-corrected chi connectivity index (χ4v) is 3.01. The summed E-state index contributed by atoms with van der Waals surface area (Å²) in [5.41, 5.74) is 0.267. The number of carbonyl (C=O) groups excluding carboxylic acids is 2. The molecule has 0 radical (unpaired) electrons.